The third-order valence-corrected chi connectivity index (χ3v) is 6.14. The molecule has 1 amide bonds. The van der Waals surface area contributed by atoms with Crippen LogP contribution in [0.3, 0.4) is 0 Å². The first kappa shape index (κ1) is 20.4. The molecular formula is C19H21N3O4S2. The molecule has 2 aromatic rings. The van der Waals surface area contributed by atoms with E-state index >= 15 is 0 Å². The summed E-state index contributed by atoms with van der Waals surface area (Å²) in [6.07, 6.45) is 2.39. The summed E-state index contributed by atoms with van der Waals surface area (Å²) in [6, 6.07) is 15.2. The van der Waals surface area contributed by atoms with Crippen LogP contribution in [-0.2, 0) is 26.3 Å². The Bertz CT molecular complexity index is 962. The fraction of sp³-hybridized carbons (Fsp3) is 0.263. The predicted molar refractivity (Wildman–Crippen MR) is 109 cm³/mol. The molecule has 0 fully saturated rings. The number of amidine groups is 1. The van der Waals surface area contributed by atoms with Gasteiger partial charge in [-0.1, -0.05) is 42.5 Å². The van der Waals surface area contributed by atoms with E-state index in [1.54, 1.807) is 30.0 Å². The summed E-state index contributed by atoms with van der Waals surface area (Å²) in [5.74, 6) is 0.461. The fourth-order valence-corrected chi connectivity index (χ4v) is 4.40. The summed E-state index contributed by atoms with van der Waals surface area (Å²) in [4.78, 5) is 22.4. The molecule has 148 valence electrons. The van der Waals surface area contributed by atoms with Crippen molar-refractivity contribution < 1.29 is 18.0 Å². The zero-order valence-electron chi connectivity index (χ0n) is 15.3. The van der Waals surface area contributed by atoms with Crippen molar-refractivity contribution in [3.05, 3.63) is 65.7 Å². The second kappa shape index (κ2) is 9.22. The number of hydrogen-bond donors (Lipinski definition) is 2. The maximum Gasteiger partial charge on any atom is 0.268 e. The third-order valence-electron chi connectivity index (χ3n) is 4.10. The average Bonchev–Trinajstić information content (AvgIpc) is 2.96. The largest absolute Gasteiger partial charge is 0.270 e. The van der Waals surface area contributed by atoms with Gasteiger partial charge in [0, 0.05) is 5.56 Å². The lowest BCUT2D eigenvalue weighted by Crippen LogP contribution is -2.36. The second-order valence-electron chi connectivity index (χ2n) is 6.12. The van der Waals surface area contributed by atoms with Crippen LogP contribution in [0.4, 0.5) is 0 Å². The predicted octanol–water partition coefficient (Wildman–Crippen LogP) is 2.09. The van der Waals surface area contributed by atoms with Gasteiger partial charge in [0.1, 0.15) is 11.9 Å². The van der Waals surface area contributed by atoms with Gasteiger partial charge in [0.25, 0.3) is 15.9 Å². The van der Waals surface area contributed by atoms with Crippen LogP contribution >= 0.6 is 11.8 Å². The highest BCUT2D eigenvalue weighted by atomic mass is 32.2. The molecule has 3 rings (SSSR count). The molecule has 9 heteroatoms. The van der Waals surface area contributed by atoms with E-state index in [0.29, 0.717) is 17.7 Å². The monoisotopic (exact) mass is 419 g/mol. The van der Waals surface area contributed by atoms with Gasteiger partial charge in [0.2, 0.25) is 0 Å². The van der Waals surface area contributed by atoms with E-state index in [9.17, 15) is 13.2 Å². The van der Waals surface area contributed by atoms with Gasteiger partial charge in [0.05, 0.1) is 11.5 Å². The SMILES string of the molecule is CSCCC(N=C1NS(=O)(=O)c2ccccc21)C(=O)NOCc1ccccc1. The number of nitrogens with one attached hydrogen (secondary N) is 2. The average molecular weight is 420 g/mol. The minimum atomic E-state index is -3.65. The molecule has 0 aliphatic carbocycles. The van der Waals surface area contributed by atoms with E-state index in [2.05, 4.69) is 15.2 Å². The molecule has 0 radical (unpaired) electrons. The van der Waals surface area contributed by atoms with Crippen LogP contribution in [0.25, 0.3) is 0 Å². The van der Waals surface area contributed by atoms with Crippen LogP contribution < -0.4 is 10.2 Å². The Kier molecular flexibility index (Phi) is 6.71. The van der Waals surface area contributed by atoms with Crippen LogP contribution in [-0.4, -0.2) is 38.2 Å². The molecule has 0 spiro atoms. The smallest absolute Gasteiger partial charge is 0.268 e. The first-order valence-electron chi connectivity index (χ1n) is 8.66. The highest BCUT2D eigenvalue weighted by molar-refractivity contribution is 7.98. The van der Waals surface area contributed by atoms with Gasteiger partial charge in [-0.05, 0) is 36.1 Å². The van der Waals surface area contributed by atoms with E-state index in [-0.39, 0.29) is 17.3 Å². The lowest BCUT2D eigenvalue weighted by molar-refractivity contribution is -0.135. The van der Waals surface area contributed by atoms with E-state index < -0.39 is 22.0 Å². The van der Waals surface area contributed by atoms with Gasteiger partial charge in [-0.2, -0.15) is 11.8 Å². The van der Waals surface area contributed by atoms with Gasteiger partial charge in [-0.3, -0.25) is 19.3 Å². The van der Waals surface area contributed by atoms with Gasteiger partial charge in [-0.25, -0.2) is 13.9 Å². The van der Waals surface area contributed by atoms with Crippen molar-refractivity contribution >= 4 is 33.5 Å². The Morgan fingerprint density at radius 3 is 2.64 bits per heavy atom. The lowest BCUT2D eigenvalue weighted by atomic mass is 10.2. The molecule has 2 N–H and O–H groups in total. The maximum atomic E-state index is 12.6. The second-order valence-corrected chi connectivity index (χ2v) is 8.75. The van der Waals surface area contributed by atoms with Crippen molar-refractivity contribution in [3.63, 3.8) is 0 Å². The zero-order valence-corrected chi connectivity index (χ0v) is 16.9. The molecule has 28 heavy (non-hydrogen) atoms. The minimum absolute atomic E-state index is 0.165. The number of rotatable bonds is 8. The number of carbonyl (C=O) groups excluding carboxylic acids is 1. The Morgan fingerprint density at radius 1 is 1.18 bits per heavy atom. The van der Waals surface area contributed by atoms with Crippen molar-refractivity contribution in [3.8, 4) is 0 Å². The van der Waals surface area contributed by atoms with Crippen LogP contribution in [0.2, 0.25) is 0 Å². The number of fused-ring (bicyclic) bond motifs is 1. The van der Waals surface area contributed by atoms with Crippen molar-refractivity contribution in [1.29, 1.82) is 0 Å². The number of aliphatic imine (C=N–C) groups is 1. The van der Waals surface area contributed by atoms with Gasteiger partial charge < -0.3 is 0 Å². The Labute approximate surface area is 168 Å². The van der Waals surface area contributed by atoms with E-state index in [0.717, 1.165) is 5.56 Å². The summed E-state index contributed by atoms with van der Waals surface area (Å²) >= 11 is 1.58. The minimum Gasteiger partial charge on any atom is -0.270 e. The summed E-state index contributed by atoms with van der Waals surface area (Å²) in [7, 11) is -3.65. The number of hydrogen-bond acceptors (Lipinski definition) is 6. The highest BCUT2D eigenvalue weighted by Crippen LogP contribution is 2.23. The Hall–Kier alpha value is -2.36. The van der Waals surface area contributed by atoms with Crippen molar-refractivity contribution in [2.75, 3.05) is 12.0 Å². The van der Waals surface area contributed by atoms with E-state index in [1.807, 2.05) is 36.6 Å². The Balaban J connectivity index is 1.73. The molecule has 0 saturated heterocycles. The number of amides is 1. The number of carbonyl (C=O) groups is 1. The van der Waals surface area contributed by atoms with Gasteiger partial charge in [0.15, 0.2) is 0 Å². The normalized spacial score (nSPS) is 17.0. The van der Waals surface area contributed by atoms with Crippen molar-refractivity contribution in [2.24, 2.45) is 4.99 Å². The first-order valence-corrected chi connectivity index (χ1v) is 11.5. The zero-order chi connectivity index (χ0) is 20.0. The Morgan fingerprint density at radius 2 is 1.89 bits per heavy atom. The molecule has 1 heterocycles. The molecule has 7 nitrogen and oxygen atoms in total. The van der Waals surface area contributed by atoms with E-state index in [4.69, 9.17) is 4.84 Å². The molecule has 2 aromatic carbocycles. The number of hydroxylamine groups is 1. The number of sulfonamides is 1. The molecule has 0 bridgehead atoms. The summed E-state index contributed by atoms with van der Waals surface area (Å²) in [5, 5.41) is 0. The molecule has 1 unspecified atom stereocenters. The molecule has 0 saturated carbocycles. The molecule has 1 aliphatic rings. The van der Waals surface area contributed by atoms with Crippen LogP contribution in [0.1, 0.15) is 17.5 Å². The first-order chi connectivity index (χ1) is 13.5. The van der Waals surface area contributed by atoms with E-state index in [1.165, 1.54) is 6.07 Å². The summed E-state index contributed by atoms with van der Waals surface area (Å²) < 4.78 is 26.9. The number of benzene rings is 2. The highest BCUT2D eigenvalue weighted by Gasteiger charge is 2.31. The maximum absolute atomic E-state index is 12.6. The molecule has 1 aliphatic heterocycles. The fourth-order valence-electron chi connectivity index (χ4n) is 2.70. The van der Waals surface area contributed by atoms with Gasteiger partial charge in [-0.15, -0.1) is 0 Å². The van der Waals surface area contributed by atoms with Crippen molar-refractivity contribution in [1.82, 2.24) is 10.2 Å². The molecule has 0 aromatic heterocycles. The molecule has 1 atom stereocenters. The van der Waals surface area contributed by atoms with Crippen LogP contribution in [0.5, 0.6) is 0 Å². The van der Waals surface area contributed by atoms with Gasteiger partial charge >= 0.3 is 0 Å². The number of nitrogens with zero attached hydrogens (tertiary/aromatic N) is 1. The standard InChI is InChI=1S/C19H21N3O4S2/c1-27-12-11-16(19(23)21-26-13-14-7-3-2-4-8-14)20-18-15-9-5-6-10-17(15)28(24,25)22-18/h2-10,16H,11-13H2,1H3,(H,20,22)(H,21,23). The third kappa shape index (κ3) is 4.92. The van der Waals surface area contributed by atoms with Crippen LogP contribution in [0, 0.1) is 0 Å². The van der Waals surface area contributed by atoms with Crippen molar-refractivity contribution in [2.45, 2.75) is 24.0 Å². The quantitative estimate of drug-likeness (QED) is 0.639. The number of thioether (sulfide) groups is 1. The summed E-state index contributed by atoms with van der Waals surface area (Å²) in [5.41, 5.74) is 3.82. The molecular weight excluding hydrogens is 398 g/mol. The summed E-state index contributed by atoms with van der Waals surface area (Å²) in [6.45, 7) is 0.230. The topological polar surface area (TPSA) is 96.9 Å². The lowest BCUT2D eigenvalue weighted by Gasteiger charge is -2.13. The van der Waals surface area contributed by atoms with Crippen LogP contribution in [0.15, 0.2) is 64.5 Å².